The number of carbonyl (C=O) groups is 2. The van der Waals surface area contributed by atoms with Gasteiger partial charge in [0.05, 0.1) is 34.7 Å². The van der Waals surface area contributed by atoms with Gasteiger partial charge in [-0.3, -0.25) is 4.90 Å². The Kier molecular flexibility index (Phi) is 10.00. The van der Waals surface area contributed by atoms with Crippen LogP contribution in [0.4, 0.5) is 27.9 Å². The number of carbonyl (C=O) groups excluding carboxylic acids is 2. The molecule has 13 heteroatoms. The molecule has 0 saturated heterocycles. The third kappa shape index (κ3) is 9.78. The second-order valence-corrected chi connectivity index (χ2v) is 12.6. The largest absolute Gasteiger partial charge is 0.444 e. The number of anilines is 1. The fourth-order valence-electron chi connectivity index (χ4n) is 3.23. The Morgan fingerprint density at radius 3 is 2.08 bits per heavy atom. The highest BCUT2D eigenvalue weighted by molar-refractivity contribution is 9.11. The topological polar surface area (TPSA) is 101 Å². The predicted octanol–water partition coefficient (Wildman–Crippen LogP) is 6.34. The second-order valence-electron chi connectivity index (χ2n) is 10.2. The molecule has 0 unspecified atom stereocenters. The van der Waals surface area contributed by atoms with Crippen LogP contribution in [0, 0.1) is 0 Å². The van der Waals surface area contributed by atoms with Crippen molar-refractivity contribution in [3.63, 3.8) is 0 Å². The quantitative estimate of drug-likeness (QED) is 0.380. The molecular formula is C24H31BrF3N3O5S. The summed E-state index contributed by atoms with van der Waals surface area (Å²) in [6.45, 7) is 9.31. The number of hydrogen-bond donors (Lipinski definition) is 2. The minimum absolute atomic E-state index is 0.222. The molecule has 2 atom stereocenters. The van der Waals surface area contributed by atoms with Crippen molar-refractivity contribution in [2.45, 2.75) is 70.9 Å². The van der Waals surface area contributed by atoms with E-state index in [1.165, 1.54) is 23.2 Å². The van der Waals surface area contributed by atoms with Crippen LogP contribution in [-0.4, -0.2) is 52.7 Å². The van der Waals surface area contributed by atoms with Crippen LogP contribution in [0.3, 0.4) is 0 Å². The molecule has 206 valence electrons. The van der Waals surface area contributed by atoms with Crippen LogP contribution < -0.4 is 10.2 Å². The SMILES string of the molecule is CC(C)(C)OC(=O)N[C@H](CN(C(=O)OC(C)(C)C)c1ncc(Br)s1)[C@@H](CO)c1ccc(C(F)(F)F)cc1. The molecule has 37 heavy (non-hydrogen) atoms. The first kappa shape index (κ1) is 30.8. The molecule has 1 heterocycles. The third-order valence-electron chi connectivity index (χ3n) is 4.74. The number of nitrogens with one attached hydrogen (secondary N) is 1. The highest BCUT2D eigenvalue weighted by atomic mass is 79.9. The average molecular weight is 610 g/mol. The minimum Gasteiger partial charge on any atom is -0.444 e. The summed E-state index contributed by atoms with van der Waals surface area (Å²) >= 11 is 4.45. The zero-order valence-corrected chi connectivity index (χ0v) is 23.8. The van der Waals surface area contributed by atoms with Crippen LogP contribution in [0.15, 0.2) is 34.2 Å². The minimum atomic E-state index is -4.53. The molecule has 2 amide bonds. The van der Waals surface area contributed by atoms with E-state index < -0.39 is 53.7 Å². The number of aliphatic hydroxyl groups excluding tert-OH is 1. The first-order valence-electron chi connectivity index (χ1n) is 11.3. The van der Waals surface area contributed by atoms with E-state index in [2.05, 4.69) is 26.2 Å². The van der Waals surface area contributed by atoms with E-state index in [1.54, 1.807) is 41.5 Å². The van der Waals surface area contributed by atoms with Gasteiger partial charge in [0.15, 0.2) is 5.13 Å². The van der Waals surface area contributed by atoms with Crippen LogP contribution in [0.25, 0.3) is 0 Å². The van der Waals surface area contributed by atoms with E-state index in [-0.39, 0.29) is 11.7 Å². The van der Waals surface area contributed by atoms with Gasteiger partial charge in [-0.2, -0.15) is 13.2 Å². The lowest BCUT2D eigenvalue weighted by atomic mass is 9.91. The van der Waals surface area contributed by atoms with Gasteiger partial charge in [-0.15, -0.1) is 0 Å². The van der Waals surface area contributed by atoms with Gasteiger partial charge < -0.3 is 19.9 Å². The second kappa shape index (κ2) is 12.0. The summed E-state index contributed by atoms with van der Waals surface area (Å²) in [6, 6.07) is 3.25. The first-order valence-corrected chi connectivity index (χ1v) is 12.9. The van der Waals surface area contributed by atoms with Crippen LogP contribution in [-0.2, 0) is 15.7 Å². The molecule has 0 radical (unpaired) electrons. The molecule has 2 aromatic rings. The summed E-state index contributed by atoms with van der Waals surface area (Å²) in [5.41, 5.74) is -2.22. The molecule has 0 spiro atoms. The van der Waals surface area contributed by atoms with Crippen molar-refractivity contribution in [3.05, 3.63) is 45.4 Å². The average Bonchev–Trinajstić information content (AvgIpc) is 3.15. The van der Waals surface area contributed by atoms with Gasteiger partial charge >= 0.3 is 18.4 Å². The first-order chi connectivity index (χ1) is 16.9. The van der Waals surface area contributed by atoms with Gasteiger partial charge in [0.25, 0.3) is 0 Å². The van der Waals surface area contributed by atoms with E-state index in [0.717, 1.165) is 23.5 Å². The van der Waals surface area contributed by atoms with Gasteiger partial charge in [-0.1, -0.05) is 23.5 Å². The van der Waals surface area contributed by atoms with E-state index >= 15 is 0 Å². The predicted molar refractivity (Wildman–Crippen MR) is 138 cm³/mol. The maximum Gasteiger partial charge on any atom is 0.416 e. The molecular weight excluding hydrogens is 579 g/mol. The fourth-order valence-corrected chi connectivity index (χ4v) is 4.41. The Bertz CT molecular complexity index is 1070. The van der Waals surface area contributed by atoms with Crippen LogP contribution >= 0.6 is 27.3 Å². The van der Waals surface area contributed by atoms with Gasteiger partial charge in [-0.25, -0.2) is 14.6 Å². The third-order valence-corrected chi connectivity index (χ3v) is 6.24. The molecule has 0 saturated carbocycles. The van der Waals surface area contributed by atoms with Crippen molar-refractivity contribution in [2.75, 3.05) is 18.1 Å². The molecule has 2 rings (SSSR count). The number of thiazole rings is 1. The molecule has 0 aliphatic carbocycles. The van der Waals surface area contributed by atoms with E-state index in [0.29, 0.717) is 9.35 Å². The number of amides is 2. The lowest BCUT2D eigenvalue weighted by Gasteiger charge is -2.33. The fraction of sp³-hybridized carbons (Fsp3) is 0.542. The number of alkyl halides is 3. The summed E-state index contributed by atoms with van der Waals surface area (Å²) in [6.07, 6.45) is -4.62. The van der Waals surface area contributed by atoms with Crippen molar-refractivity contribution in [1.29, 1.82) is 0 Å². The van der Waals surface area contributed by atoms with Gasteiger partial charge in [0.1, 0.15) is 11.2 Å². The van der Waals surface area contributed by atoms with Crippen molar-refractivity contribution < 1.29 is 37.3 Å². The molecule has 8 nitrogen and oxygen atoms in total. The Hall–Kier alpha value is -2.38. The monoisotopic (exact) mass is 609 g/mol. The molecule has 0 bridgehead atoms. The Morgan fingerprint density at radius 2 is 1.65 bits per heavy atom. The number of benzene rings is 1. The number of ether oxygens (including phenoxy) is 2. The standard InChI is InChI=1S/C24H31BrF3N3O5S/c1-22(2,3)35-20(33)30-17(16(13-32)14-7-9-15(10-8-14)24(26,27)28)12-31(19-29-11-18(25)37-19)21(34)36-23(4,5)6/h7-11,16-17,32H,12-13H2,1-6H3,(H,30,33)/t16-,17+/m0/s1. The Balaban J connectivity index is 2.49. The molecule has 0 aliphatic rings. The van der Waals surface area contributed by atoms with Gasteiger partial charge in [0, 0.05) is 5.92 Å². The zero-order chi connectivity index (χ0) is 28.2. The number of nitrogens with zero attached hydrogens (tertiary/aromatic N) is 2. The molecule has 0 fully saturated rings. The number of halogens is 4. The van der Waals surface area contributed by atoms with Gasteiger partial charge in [0.2, 0.25) is 0 Å². The van der Waals surface area contributed by atoms with Crippen molar-refractivity contribution in [1.82, 2.24) is 10.3 Å². The van der Waals surface area contributed by atoms with Crippen LogP contribution in [0.2, 0.25) is 0 Å². The van der Waals surface area contributed by atoms with E-state index in [9.17, 15) is 27.9 Å². The maximum absolute atomic E-state index is 13.1. The summed E-state index contributed by atoms with van der Waals surface area (Å²) in [5.74, 6) is -0.900. The Morgan fingerprint density at radius 1 is 1.08 bits per heavy atom. The summed E-state index contributed by atoms with van der Waals surface area (Å²) < 4.78 is 50.8. The van der Waals surface area contributed by atoms with Crippen LogP contribution in [0.1, 0.15) is 58.6 Å². The van der Waals surface area contributed by atoms with Crippen molar-refractivity contribution in [2.24, 2.45) is 0 Å². The molecule has 1 aromatic heterocycles. The highest BCUT2D eigenvalue weighted by Gasteiger charge is 2.35. The molecule has 1 aromatic carbocycles. The van der Waals surface area contributed by atoms with Crippen molar-refractivity contribution >= 4 is 44.6 Å². The zero-order valence-electron chi connectivity index (χ0n) is 21.4. The normalized spacial score (nSPS) is 14.0. The number of aliphatic hydroxyl groups is 1. The number of rotatable bonds is 7. The summed E-state index contributed by atoms with van der Waals surface area (Å²) in [7, 11) is 0. The lowest BCUT2D eigenvalue weighted by Crippen LogP contribution is -2.51. The summed E-state index contributed by atoms with van der Waals surface area (Å²) in [5, 5.41) is 13.2. The summed E-state index contributed by atoms with van der Waals surface area (Å²) in [4.78, 5) is 31.3. The highest BCUT2D eigenvalue weighted by Crippen LogP contribution is 2.32. The number of hydrogen-bond acceptors (Lipinski definition) is 7. The van der Waals surface area contributed by atoms with E-state index in [4.69, 9.17) is 9.47 Å². The number of alkyl carbamates (subject to hydrolysis) is 1. The lowest BCUT2D eigenvalue weighted by molar-refractivity contribution is -0.137. The molecule has 2 N–H and O–H groups in total. The number of aromatic nitrogens is 1. The van der Waals surface area contributed by atoms with Crippen molar-refractivity contribution in [3.8, 4) is 0 Å². The maximum atomic E-state index is 13.1. The van der Waals surface area contributed by atoms with Gasteiger partial charge in [-0.05, 0) is 75.2 Å². The Labute approximate surface area is 226 Å². The smallest absolute Gasteiger partial charge is 0.416 e. The van der Waals surface area contributed by atoms with E-state index in [1.807, 2.05) is 0 Å². The molecule has 0 aliphatic heterocycles. The van der Waals surface area contributed by atoms with Crippen LogP contribution in [0.5, 0.6) is 0 Å².